The average molecular weight is 242 g/mol. The lowest BCUT2D eigenvalue weighted by atomic mass is 10.1. The van der Waals surface area contributed by atoms with Gasteiger partial charge in [-0.1, -0.05) is 19.1 Å². The predicted octanol–water partition coefficient (Wildman–Crippen LogP) is -0.531. The Bertz CT molecular complexity index is 364. The van der Waals surface area contributed by atoms with Crippen LogP contribution in [0, 0.1) is 5.92 Å². The Balaban J connectivity index is 2.50. The van der Waals surface area contributed by atoms with Gasteiger partial charge in [0, 0.05) is 12.7 Å². The molecule has 0 radical (unpaired) electrons. The molecule has 7 nitrogen and oxygen atoms in total. The monoisotopic (exact) mass is 242 g/mol. The van der Waals surface area contributed by atoms with Crippen LogP contribution in [0.2, 0.25) is 0 Å². The molecule has 1 unspecified atom stereocenters. The Morgan fingerprint density at radius 2 is 2.29 bits per heavy atom. The third-order valence-electron chi connectivity index (χ3n) is 2.35. The van der Waals surface area contributed by atoms with E-state index in [-0.39, 0.29) is 12.5 Å². The molecule has 1 atom stereocenters. The van der Waals surface area contributed by atoms with Crippen molar-refractivity contribution in [2.75, 3.05) is 6.61 Å². The van der Waals surface area contributed by atoms with Crippen LogP contribution in [0.3, 0.4) is 0 Å². The Morgan fingerprint density at radius 3 is 2.82 bits per heavy atom. The van der Waals surface area contributed by atoms with Gasteiger partial charge >= 0.3 is 5.97 Å². The average Bonchev–Trinajstić information content (AvgIpc) is 2.65. The quantitative estimate of drug-likeness (QED) is 0.594. The largest absolute Gasteiger partial charge is 0.480 e. The summed E-state index contributed by atoms with van der Waals surface area (Å²) >= 11 is 0. The van der Waals surface area contributed by atoms with Crippen molar-refractivity contribution in [3.8, 4) is 0 Å². The van der Waals surface area contributed by atoms with E-state index in [9.17, 15) is 4.79 Å². The fraction of sp³-hybridized carbons (Fsp3) is 0.700. The zero-order valence-corrected chi connectivity index (χ0v) is 10.00. The number of carboxylic acids is 1. The van der Waals surface area contributed by atoms with Crippen molar-refractivity contribution in [1.29, 1.82) is 0 Å². The molecule has 0 aliphatic heterocycles. The number of aliphatic hydroxyl groups is 1. The molecular weight excluding hydrogens is 224 g/mol. The first-order valence-corrected chi connectivity index (χ1v) is 5.50. The standard InChI is InChI=1S/C10H18N4O3/c1-7(2)9(10(16)17)11-5-8-6-14(3-4-15)13-12-8/h6-7,9,11,15H,3-5H2,1-2H3,(H,16,17). The Labute approximate surface area is 99.4 Å². The summed E-state index contributed by atoms with van der Waals surface area (Å²) in [5.74, 6) is -0.872. The number of carbonyl (C=O) groups is 1. The lowest BCUT2D eigenvalue weighted by molar-refractivity contribution is -0.140. The number of nitrogens with one attached hydrogen (secondary N) is 1. The summed E-state index contributed by atoms with van der Waals surface area (Å²) in [6.45, 7) is 4.42. The van der Waals surface area contributed by atoms with Crippen LogP contribution in [0.25, 0.3) is 0 Å². The van der Waals surface area contributed by atoms with Crippen LogP contribution in [0.5, 0.6) is 0 Å². The van der Waals surface area contributed by atoms with E-state index in [2.05, 4.69) is 15.6 Å². The van der Waals surface area contributed by atoms with Gasteiger partial charge in [-0.05, 0) is 5.92 Å². The van der Waals surface area contributed by atoms with Gasteiger partial charge in [0.05, 0.1) is 18.8 Å². The SMILES string of the molecule is CC(C)C(NCc1cn(CCO)nn1)C(=O)O. The zero-order valence-electron chi connectivity index (χ0n) is 10.00. The number of hydrogen-bond acceptors (Lipinski definition) is 5. The number of aromatic nitrogens is 3. The van der Waals surface area contributed by atoms with Crippen molar-refractivity contribution in [2.24, 2.45) is 5.92 Å². The summed E-state index contributed by atoms with van der Waals surface area (Å²) in [7, 11) is 0. The number of hydrogen-bond donors (Lipinski definition) is 3. The second kappa shape index (κ2) is 6.31. The number of aliphatic hydroxyl groups excluding tert-OH is 1. The molecule has 0 spiro atoms. The minimum atomic E-state index is -0.872. The summed E-state index contributed by atoms with van der Waals surface area (Å²) in [5.41, 5.74) is 0.658. The fourth-order valence-electron chi connectivity index (χ4n) is 1.45. The van der Waals surface area contributed by atoms with E-state index in [0.717, 1.165) is 0 Å². The minimum absolute atomic E-state index is 0.0000123. The first-order valence-electron chi connectivity index (χ1n) is 5.50. The van der Waals surface area contributed by atoms with E-state index in [4.69, 9.17) is 10.2 Å². The van der Waals surface area contributed by atoms with Crippen LogP contribution >= 0.6 is 0 Å². The summed E-state index contributed by atoms with van der Waals surface area (Å²) in [6, 6.07) is -0.599. The van der Waals surface area contributed by atoms with Gasteiger partial charge in [-0.25, -0.2) is 4.68 Å². The lowest BCUT2D eigenvalue weighted by Gasteiger charge is -2.16. The molecule has 3 N–H and O–H groups in total. The van der Waals surface area contributed by atoms with E-state index >= 15 is 0 Å². The van der Waals surface area contributed by atoms with Crippen LogP contribution in [0.1, 0.15) is 19.5 Å². The number of nitrogens with zero attached hydrogens (tertiary/aromatic N) is 3. The molecule has 1 aromatic rings. The van der Waals surface area contributed by atoms with Crippen molar-refractivity contribution in [2.45, 2.75) is 33.0 Å². The molecule has 17 heavy (non-hydrogen) atoms. The molecule has 1 heterocycles. The third-order valence-corrected chi connectivity index (χ3v) is 2.35. The third kappa shape index (κ3) is 4.12. The van der Waals surface area contributed by atoms with Crippen LogP contribution in [-0.4, -0.2) is 43.8 Å². The Morgan fingerprint density at radius 1 is 1.59 bits per heavy atom. The number of carboxylic acid groups (broad SMARTS) is 1. The number of rotatable bonds is 7. The lowest BCUT2D eigenvalue weighted by Crippen LogP contribution is -2.40. The zero-order chi connectivity index (χ0) is 12.8. The smallest absolute Gasteiger partial charge is 0.320 e. The highest BCUT2D eigenvalue weighted by molar-refractivity contribution is 5.73. The predicted molar refractivity (Wildman–Crippen MR) is 60.2 cm³/mol. The van der Waals surface area contributed by atoms with Gasteiger partial charge in [0.25, 0.3) is 0 Å². The molecule has 0 fully saturated rings. The van der Waals surface area contributed by atoms with Crippen molar-refractivity contribution in [3.63, 3.8) is 0 Å². The van der Waals surface area contributed by atoms with Crippen molar-refractivity contribution < 1.29 is 15.0 Å². The molecule has 0 aliphatic rings. The van der Waals surface area contributed by atoms with Crippen LogP contribution in [-0.2, 0) is 17.9 Å². The molecular formula is C10H18N4O3. The maximum absolute atomic E-state index is 10.9. The van der Waals surface area contributed by atoms with E-state index in [1.165, 1.54) is 4.68 Å². The van der Waals surface area contributed by atoms with Gasteiger partial charge in [0.15, 0.2) is 0 Å². The first kappa shape index (κ1) is 13.6. The van der Waals surface area contributed by atoms with E-state index < -0.39 is 12.0 Å². The van der Waals surface area contributed by atoms with E-state index in [0.29, 0.717) is 18.8 Å². The first-order chi connectivity index (χ1) is 8.04. The Hall–Kier alpha value is -1.47. The van der Waals surface area contributed by atoms with Gasteiger partial charge in [0.2, 0.25) is 0 Å². The Kier molecular flexibility index (Phi) is 5.05. The molecule has 0 saturated heterocycles. The topological polar surface area (TPSA) is 100 Å². The normalized spacial score (nSPS) is 12.9. The van der Waals surface area contributed by atoms with Crippen molar-refractivity contribution in [1.82, 2.24) is 20.3 Å². The van der Waals surface area contributed by atoms with Gasteiger partial charge < -0.3 is 10.2 Å². The highest BCUT2D eigenvalue weighted by atomic mass is 16.4. The maximum atomic E-state index is 10.9. The molecule has 7 heteroatoms. The summed E-state index contributed by atoms with van der Waals surface area (Å²) in [6.07, 6.45) is 1.68. The highest BCUT2D eigenvalue weighted by Gasteiger charge is 2.20. The molecule has 0 bridgehead atoms. The van der Waals surface area contributed by atoms with Crippen LogP contribution in [0.4, 0.5) is 0 Å². The highest BCUT2D eigenvalue weighted by Crippen LogP contribution is 2.03. The van der Waals surface area contributed by atoms with E-state index in [1.54, 1.807) is 6.20 Å². The van der Waals surface area contributed by atoms with Gasteiger partial charge in [0.1, 0.15) is 6.04 Å². The van der Waals surface area contributed by atoms with Gasteiger partial charge in [-0.15, -0.1) is 5.10 Å². The molecule has 1 aromatic heterocycles. The molecule has 96 valence electrons. The second-order valence-electron chi connectivity index (χ2n) is 4.14. The number of aliphatic carboxylic acids is 1. The summed E-state index contributed by atoms with van der Waals surface area (Å²) in [5, 5.41) is 28.3. The minimum Gasteiger partial charge on any atom is -0.480 e. The van der Waals surface area contributed by atoms with Gasteiger partial charge in [-0.2, -0.15) is 0 Å². The molecule has 0 amide bonds. The molecule has 0 aromatic carbocycles. The van der Waals surface area contributed by atoms with Crippen LogP contribution < -0.4 is 5.32 Å². The summed E-state index contributed by atoms with van der Waals surface area (Å²) < 4.78 is 1.52. The summed E-state index contributed by atoms with van der Waals surface area (Å²) in [4.78, 5) is 10.9. The van der Waals surface area contributed by atoms with Crippen molar-refractivity contribution >= 4 is 5.97 Å². The molecule has 0 aliphatic carbocycles. The second-order valence-corrected chi connectivity index (χ2v) is 4.14. The van der Waals surface area contributed by atoms with E-state index in [1.807, 2.05) is 13.8 Å². The van der Waals surface area contributed by atoms with Crippen LogP contribution in [0.15, 0.2) is 6.20 Å². The maximum Gasteiger partial charge on any atom is 0.320 e. The van der Waals surface area contributed by atoms with Crippen molar-refractivity contribution in [3.05, 3.63) is 11.9 Å². The fourth-order valence-corrected chi connectivity index (χ4v) is 1.45. The van der Waals surface area contributed by atoms with Gasteiger partial charge in [-0.3, -0.25) is 10.1 Å². The molecule has 0 saturated carbocycles. The molecule has 1 rings (SSSR count).